The second-order valence-corrected chi connectivity index (χ2v) is 9.75. The van der Waals surface area contributed by atoms with E-state index in [0.29, 0.717) is 0 Å². The lowest BCUT2D eigenvalue weighted by Crippen LogP contribution is -1.87. The van der Waals surface area contributed by atoms with Crippen LogP contribution in [0.5, 0.6) is 0 Å². The van der Waals surface area contributed by atoms with Gasteiger partial charge in [0, 0.05) is 0 Å². The van der Waals surface area contributed by atoms with Gasteiger partial charge >= 0.3 is 0 Å². The first-order valence-electron chi connectivity index (χ1n) is 13.1. The predicted octanol–water partition coefficient (Wildman–Crippen LogP) is 10.7. The maximum atomic E-state index is 2.25. The molecule has 0 aromatic heterocycles. The van der Waals surface area contributed by atoms with Crippen molar-refractivity contribution in [2.24, 2.45) is 0 Å². The molecule has 0 nitrogen and oxygen atoms in total. The zero-order valence-electron chi connectivity index (χ0n) is 21.0. The Morgan fingerprint density at radius 1 is 0.211 bits per heavy atom. The van der Waals surface area contributed by atoms with Crippen molar-refractivity contribution in [1.29, 1.82) is 0 Å². The minimum absolute atomic E-state index is 1.22. The molecule has 0 amide bonds. The molecule has 0 saturated heterocycles. The topological polar surface area (TPSA) is 0 Å². The first-order valence-corrected chi connectivity index (χ1v) is 13.1. The SMILES string of the molecule is c1ccc(-c2ccc(-c3cccc4ccccc34)cc2)c(-c2ccc(-c3cccc4ccccc34)cc2)c1. The molecule has 0 aliphatic heterocycles. The third kappa shape index (κ3) is 3.97. The van der Waals surface area contributed by atoms with E-state index >= 15 is 0 Å². The summed E-state index contributed by atoms with van der Waals surface area (Å²) in [5.74, 6) is 0. The normalized spacial score (nSPS) is 11.2. The Bertz CT molecular complexity index is 1740. The lowest BCUT2D eigenvalue weighted by Gasteiger charge is -2.13. The zero-order valence-corrected chi connectivity index (χ0v) is 21.0. The van der Waals surface area contributed by atoms with Crippen molar-refractivity contribution in [2.75, 3.05) is 0 Å². The molecule has 0 aliphatic carbocycles. The van der Waals surface area contributed by atoms with Gasteiger partial charge < -0.3 is 0 Å². The molecule has 0 saturated carbocycles. The van der Waals surface area contributed by atoms with Crippen molar-refractivity contribution in [3.63, 3.8) is 0 Å². The van der Waals surface area contributed by atoms with Gasteiger partial charge in [0.2, 0.25) is 0 Å². The molecule has 7 rings (SSSR count). The summed E-state index contributed by atoms with van der Waals surface area (Å²) >= 11 is 0. The van der Waals surface area contributed by atoms with E-state index in [0.717, 1.165) is 0 Å². The Balaban J connectivity index is 1.24. The smallest absolute Gasteiger partial charge is 0.0105 e. The molecule has 0 fully saturated rings. The third-order valence-electron chi connectivity index (χ3n) is 7.52. The molecular formula is C38H26. The van der Waals surface area contributed by atoms with Crippen LogP contribution in [0.25, 0.3) is 66.1 Å². The van der Waals surface area contributed by atoms with Gasteiger partial charge in [-0.1, -0.05) is 158 Å². The Morgan fingerprint density at radius 2 is 0.500 bits per heavy atom. The van der Waals surface area contributed by atoms with E-state index < -0.39 is 0 Å². The molecule has 0 atom stereocenters. The number of rotatable bonds is 4. The van der Waals surface area contributed by atoms with Crippen LogP contribution in [0.4, 0.5) is 0 Å². The fourth-order valence-corrected chi connectivity index (χ4v) is 5.60. The number of fused-ring (bicyclic) bond motifs is 2. The third-order valence-corrected chi connectivity index (χ3v) is 7.52. The fraction of sp³-hybridized carbons (Fsp3) is 0. The minimum atomic E-state index is 1.22. The van der Waals surface area contributed by atoms with Gasteiger partial charge in [-0.2, -0.15) is 0 Å². The van der Waals surface area contributed by atoms with Crippen molar-refractivity contribution in [3.8, 4) is 44.5 Å². The highest BCUT2D eigenvalue weighted by Gasteiger charge is 2.10. The summed E-state index contributed by atoms with van der Waals surface area (Å²) in [5, 5.41) is 5.11. The van der Waals surface area contributed by atoms with E-state index in [1.54, 1.807) is 0 Å². The summed E-state index contributed by atoms with van der Waals surface area (Å²) in [6, 6.07) is 56.9. The predicted molar refractivity (Wildman–Crippen MR) is 163 cm³/mol. The van der Waals surface area contributed by atoms with Crippen molar-refractivity contribution >= 4 is 21.5 Å². The van der Waals surface area contributed by atoms with Crippen LogP contribution < -0.4 is 0 Å². The minimum Gasteiger partial charge on any atom is -0.0616 e. The van der Waals surface area contributed by atoms with Crippen LogP contribution in [0, 0.1) is 0 Å². The molecule has 0 spiro atoms. The number of benzene rings is 7. The van der Waals surface area contributed by atoms with Crippen LogP contribution in [-0.2, 0) is 0 Å². The van der Waals surface area contributed by atoms with Gasteiger partial charge in [0.25, 0.3) is 0 Å². The highest BCUT2D eigenvalue weighted by atomic mass is 14.1. The summed E-state index contributed by atoms with van der Waals surface area (Å²) in [5.41, 5.74) is 9.96. The first-order chi connectivity index (χ1) is 18.8. The summed E-state index contributed by atoms with van der Waals surface area (Å²) in [7, 11) is 0. The van der Waals surface area contributed by atoms with E-state index in [1.807, 2.05) is 0 Å². The van der Waals surface area contributed by atoms with Crippen LogP contribution in [0.2, 0.25) is 0 Å². The lowest BCUT2D eigenvalue weighted by molar-refractivity contribution is 1.57. The largest absolute Gasteiger partial charge is 0.0616 e. The molecule has 0 unspecified atom stereocenters. The van der Waals surface area contributed by atoms with Gasteiger partial charge in [0.05, 0.1) is 0 Å². The Hall–Kier alpha value is -4.94. The van der Waals surface area contributed by atoms with Crippen molar-refractivity contribution in [1.82, 2.24) is 0 Å². The maximum Gasteiger partial charge on any atom is -0.0105 e. The van der Waals surface area contributed by atoms with Crippen LogP contribution in [-0.4, -0.2) is 0 Å². The summed E-state index contributed by atoms with van der Waals surface area (Å²) in [6.07, 6.45) is 0. The first kappa shape index (κ1) is 22.3. The highest BCUT2D eigenvalue weighted by Crippen LogP contribution is 2.36. The van der Waals surface area contributed by atoms with E-state index in [1.165, 1.54) is 66.1 Å². The second-order valence-electron chi connectivity index (χ2n) is 9.75. The van der Waals surface area contributed by atoms with E-state index in [4.69, 9.17) is 0 Å². The lowest BCUT2D eigenvalue weighted by atomic mass is 9.91. The molecule has 178 valence electrons. The van der Waals surface area contributed by atoms with Gasteiger partial charge in [-0.25, -0.2) is 0 Å². The fourth-order valence-electron chi connectivity index (χ4n) is 5.60. The van der Waals surface area contributed by atoms with E-state index in [-0.39, 0.29) is 0 Å². The summed E-state index contributed by atoms with van der Waals surface area (Å²) in [4.78, 5) is 0. The molecular weight excluding hydrogens is 456 g/mol. The van der Waals surface area contributed by atoms with Crippen LogP contribution >= 0.6 is 0 Å². The van der Waals surface area contributed by atoms with Gasteiger partial charge in [0.15, 0.2) is 0 Å². The van der Waals surface area contributed by atoms with E-state index in [2.05, 4.69) is 158 Å². The highest BCUT2D eigenvalue weighted by molar-refractivity contribution is 5.98. The van der Waals surface area contributed by atoms with Crippen LogP contribution in [0.1, 0.15) is 0 Å². The molecule has 7 aromatic rings. The Kier molecular flexibility index (Phi) is 5.57. The zero-order chi connectivity index (χ0) is 25.3. The summed E-state index contributed by atoms with van der Waals surface area (Å²) in [6.45, 7) is 0. The van der Waals surface area contributed by atoms with Gasteiger partial charge in [-0.05, 0) is 66.1 Å². The van der Waals surface area contributed by atoms with Crippen molar-refractivity contribution in [3.05, 3.63) is 158 Å². The maximum absolute atomic E-state index is 2.25. The van der Waals surface area contributed by atoms with Crippen molar-refractivity contribution < 1.29 is 0 Å². The monoisotopic (exact) mass is 482 g/mol. The van der Waals surface area contributed by atoms with Gasteiger partial charge in [0.1, 0.15) is 0 Å². The van der Waals surface area contributed by atoms with Crippen molar-refractivity contribution in [2.45, 2.75) is 0 Å². The molecule has 0 heterocycles. The van der Waals surface area contributed by atoms with Gasteiger partial charge in [-0.15, -0.1) is 0 Å². The van der Waals surface area contributed by atoms with E-state index in [9.17, 15) is 0 Å². The molecule has 0 N–H and O–H groups in total. The molecule has 0 aliphatic rings. The standard InChI is InChI=1S/C38H26/c1-3-13-33-27(9-1)11-7-17-37(33)31-23-19-29(20-24-31)35-15-5-6-16-36(35)30-21-25-32(26-22-30)38-18-8-12-28-10-2-4-14-34(28)38/h1-26H. The number of hydrogen-bond acceptors (Lipinski definition) is 0. The average Bonchev–Trinajstić information content (AvgIpc) is 3.01. The molecule has 0 radical (unpaired) electrons. The quantitative estimate of drug-likeness (QED) is 0.234. The molecule has 7 aromatic carbocycles. The Morgan fingerprint density at radius 3 is 0.921 bits per heavy atom. The Labute approximate surface area is 223 Å². The number of hydrogen-bond donors (Lipinski definition) is 0. The molecule has 0 heteroatoms. The van der Waals surface area contributed by atoms with Crippen LogP contribution in [0.15, 0.2) is 158 Å². The summed E-state index contributed by atoms with van der Waals surface area (Å²) < 4.78 is 0. The van der Waals surface area contributed by atoms with Crippen LogP contribution in [0.3, 0.4) is 0 Å². The average molecular weight is 483 g/mol. The molecule has 38 heavy (non-hydrogen) atoms. The second kappa shape index (κ2) is 9.50. The molecule has 0 bridgehead atoms. The van der Waals surface area contributed by atoms with Gasteiger partial charge in [-0.3, -0.25) is 0 Å².